The van der Waals surface area contributed by atoms with Crippen LogP contribution in [-0.4, -0.2) is 12.6 Å². The highest BCUT2D eigenvalue weighted by Crippen LogP contribution is 2.08. The summed E-state index contributed by atoms with van der Waals surface area (Å²) in [5, 5.41) is 0. The van der Waals surface area contributed by atoms with Crippen LogP contribution in [0, 0.1) is 0 Å². The number of hydrogen-bond acceptors (Lipinski definition) is 2. The maximum atomic E-state index is 9.54. The minimum atomic E-state index is 0.259. The fraction of sp³-hybridized carbons (Fsp3) is 0.500. The van der Waals surface area contributed by atoms with Crippen LogP contribution in [0.25, 0.3) is 0 Å². The lowest BCUT2D eigenvalue weighted by Crippen LogP contribution is -1.77. The molecule has 0 radical (unpaired) electrons. The number of aliphatic imine (C=N–C) groups is 1. The van der Waals surface area contributed by atoms with E-state index in [0.29, 0.717) is 6.54 Å². The van der Waals surface area contributed by atoms with Gasteiger partial charge in [-0.15, -0.1) is 0 Å². The van der Waals surface area contributed by atoms with E-state index in [2.05, 4.69) is 4.99 Å². The van der Waals surface area contributed by atoms with Gasteiger partial charge in [0.15, 0.2) is 0 Å². The number of allylic oxidation sites excluding steroid dienone is 1. The lowest BCUT2D eigenvalue weighted by atomic mass is 10.3. The van der Waals surface area contributed by atoms with E-state index in [1.54, 1.807) is 6.08 Å². The average Bonchev–Trinajstić information content (AvgIpc) is 1.87. The summed E-state index contributed by atoms with van der Waals surface area (Å²) in [6.45, 7) is 0.487. The Morgan fingerprint density at radius 3 is 2.80 bits per heavy atom. The second-order valence-electron chi connectivity index (χ2n) is 1.61. The maximum Gasteiger partial charge on any atom is 0.234 e. The number of isocyanates is 1. The highest BCUT2D eigenvalue weighted by Gasteiger charge is 1.84. The summed E-state index contributed by atoms with van der Waals surface area (Å²) in [5.74, 6) is 0. The Morgan fingerprint density at radius 1 is 1.60 bits per heavy atom. The van der Waals surface area contributed by atoms with Gasteiger partial charge in [-0.2, -0.15) is 0 Å². The van der Waals surface area contributed by atoms with Gasteiger partial charge in [0.1, 0.15) is 4.49 Å². The zero-order valence-electron chi connectivity index (χ0n) is 5.31. The Labute approximate surface area is 69.5 Å². The first-order valence-corrected chi connectivity index (χ1v) is 3.57. The molecule has 0 amide bonds. The summed E-state index contributed by atoms with van der Waals surface area (Å²) in [7, 11) is 0. The maximum absolute atomic E-state index is 9.54. The van der Waals surface area contributed by atoms with Crippen LogP contribution in [0.15, 0.2) is 15.6 Å². The van der Waals surface area contributed by atoms with Crippen molar-refractivity contribution in [2.75, 3.05) is 6.54 Å². The molecule has 2 nitrogen and oxygen atoms in total. The summed E-state index contributed by atoms with van der Waals surface area (Å²) in [4.78, 5) is 12.9. The summed E-state index contributed by atoms with van der Waals surface area (Å²) in [6.07, 6.45) is 4.63. The summed E-state index contributed by atoms with van der Waals surface area (Å²) >= 11 is 10.6. The van der Waals surface area contributed by atoms with Crippen molar-refractivity contribution in [2.24, 2.45) is 4.99 Å². The van der Waals surface area contributed by atoms with E-state index >= 15 is 0 Å². The lowest BCUT2D eigenvalue weighted by molar-refractivity contribution is 0.562. The molecule has 0 aromatic heterocycles. The first kappa shape index (κ1) is 9.70. The number of rotatable bonds is 4. The summed E-state index contributed by atoms with van der Waals surface area (Å²) in [6, 6.07) is 0. The predicted octanol–water partition coefficient (Wildman–Crippen LogP) is 2.42. The van der Waals surface area contributed by atoms with Crippen LogP contribution < -0.4 is 0 Å². The van der Waals surface area contributed by atoms with E-state index < -0.39 is 0 Å². The van der Waals surface area contributed by atoms with Gasteiger partial charge in [0.2, 0.25) is 6.08 Å². The molecule has 0 unspecified atom stereocenters. The van der Waals surface area contributed by atoms with Crippen LogP contribution in [0.2, 0.25) is 0 Å². The van der Waals surface area contributed by atoms with E-state index in [4.69, 9.17) is 23.2 Å². The third-order valence-corrected chi connectivity index (χ3v) is 1.15. The van der Waals surface area contributed by atoms with Crippen molar-refractivity contribution in [3.05, 3.63) is 10.6 Å². The lowest BCUT2D eigenvalue weighted by Gasteiger charge is -1.86. The monoisotopic (exact) mass is 179 g/mol. The van der Waals surface area contributed by atoms with Crippen LogP contribution >= 0.6 is 23.2 Å². The van der Waals surface area contributed by atoms with Gasteiger partial charge in [-0.25, -0.2) is 9.79 Å². The summed E-state index contributed by atoms with van der Waals surface area (Å²) in [5.41, 5.74) is 0. The van der Waals surface area contributed by atoms with Gasteiger partial charge < -0.3 is 0 Å². The van der Waals surface area contributed by atoms with Crippen molar-refractivity contribution < 1.29 is 4.79 Å². The number of carbonyl (C=O) groups excluding carboxylic acids is 1. The van der Waals surface area contributed by atoms with Gasteiger partial charge in [-0.05, 0) is 12.8 Å². The SMILES string of the molecule is O=C=NCCCC=C(Cl)Cl. The minimum absolute atomic E-state index is 0.259. The second-order valence-corrected chi connectivity index (χ2v) is 2.62. The van der Waals surface area contributed by atoms with E-state index in [1.807, 2.05) is 0 Å². The normalized spacial score (nSPS) is 8.20. The highest BCUT2D eigenvalue weighted by atomic mass is 35.5. The van der Waals surface area contributed by atoms with Gasteiger partial charge in [0, 0.05) is 0 Å². The molecule has 10 heavy (non-hydrogen) atoms. The minimum Gasteiger partial charge on any atom is -0.211 e. The van der Waals surface area contributed by atoms with Gasteiger partial charge in [-0.3, -0.25) is 0 Å². The molecule has 0 saturated carbocycles. The van der Waals surface area contributed by atoms with Crippen molar-refractivity contribution in [2.45, 2.75) is 12.8 Å². The smallest absolute Gasteiger partial charge is 0.211 e. The first-order valence-electron chi connectivity index (χ1n) is 2.82. The van der Waals surface area contributed by atoms with E-state index in [1.165, 1.54) is 6.08 Å². The second kappa shape index (κ2) is 6.81. The molecule has 0 N–H and O–H groups in total. The Bertz CT molecular complexity index is 157. The average molecular weight is 180 g/mol. The fourth-order valence-electron chi connectivity index (χ4n) is 0.427. The number of unbranched alkanes of at least 4 members (excludes halogenated alkanes) is 1. The molecular weight excluding hydrogens is 173 g/mol. The van der Waals surface area contributed by atoms with E-state index in [9.17, 15) is 4.79 Å². The van der Waals surface area contributed by atoms with Crippen molar-refractivity contribution in [3.8, 4) is 0 Å². The Morgan fingerprint density at radius 2 is 2.30 bits per heavy atom. The molecule has 4 heteroatoms. The van der Waals surface area contributed by atoms with Crippen LogP contribution in [-0.2, 0) is 4.79 Å². The topological polar surface area (TPSA) is 29.4 Å². The zero-order chi connectivity index (χ0) is 7.82. The van der Waals surface area contributed by atoms with Crippen molar-refractivity contribution >= 4 is 29.3 Å². The van der Waals surface area contributed by atoms with Crippen LogP contribution in [0.1, 0.15) is 12.8 Å². The third kappa shape index (κ3) is 7.70. The standard InChI is InChI=1S/C6H7Cl2NO/c7-6(8)3-1-2-4-9-5-10/h3H,1-2,4H2. The molecule has 0 aromatic carbocycles. The van der Waals surface area contributed by atoms with Crippen LogP contribution in [0.4, 0.5) is 0 Å². The molecule has 0 aliphatic carbocycles. The first-order chi connectivity index (χ1) is 4.77. The number of nitrogens with zero attached hydrogens (tertiary/aromatic N) is 1. The predicted molar refractivity (Wildman–Crippen MR) is 42.0 cm³/mol. The van der Waals surface area contributed by atoms with E-state index in [-0.39, 0.29) is 4.49 Å². The van der Waals surface area contributed by atoms with Gasteiger partial charge in [0.05, 0.1) is 6.54 Å². The number of hydrogen-bond donors (Lipinski definition) is 0. The molecule has 0 rings (SSSR count). The molecular formula is C6H7Cl2NO. The Hall–Kier alpha value is -0.300. The Kier molecular flexibility index (Phi) is 6.61. The Balaban J connectivity index is 3.21. The van der Waals surface area contributed by atoms with Gasteiger partial charge in [-0.1, -0.05) is 29.3 Å². The molecule has 0 aliphatic heterocycles. The molecule has 0 aromatic rings. The fourth-order valence-corrected chi connectivity index (χ4v) is 0.645. The molecule has 0 aliphatic rings. The van der Waals surface area contributed by atoms with Gasteiger partial charge >= 0.3 is 0 Å². The molecule has 56 valence electrons. The molecule has 0 bridgehead atoms. The largest absolute Gasteiger partial charge is 0.234 e. The molecule has 0 heterocycles. The van der Waals surface area contributed by atoms with Crippen LogP contribution in [0.3, 0.4) is 0 Å². The molecule has 0 atom stereocenters. The zero-order valence-corrected chi connectivity index (χ0v) is 6.82. The van der Waals surface area contributed by atoms with Crippen molar-refractivity contribution in [1.29, 1.82) is 0 Å². The molecule has 0 spiro atoms. The van der Waals surface area contributed by atoms with Crippen molar-refractivity contribution in [3.63, 3.8) is 0 Å². The molecule has 0 fully saturated rings. The van der Waals surface area contributed by atoms with Gasteiger partial charge in [0.25, 0.3) is 0 Å². The summed E-state index contributed by atoms with van der Waals surface area (Å²) < 4.78 is 0.259. The third-order valence-electron chi connectivity index (χ3n) is 0.837. The quantitative estimate of drug-likeness (QED) is 0.371. The van der Waals surface area contributed by atoms with Crippen LogP contribution in [0.5, 0.6) is 0 Å². The molecule has 0 saturated heterocycles. The van der Waals surface area contributed by atoms with Crippen molar-refractivity contribution in [1.82, 2.24) is 0 Å². The van der Waals surface area contributed by atoms with E-state index in [0.717, 1.165) is 12.8 Å². The number of halogens is 2. The highest BCUT2D eigenvalue weighted by molar-refractivity contribution is 6.55.